The molecular weight excluding hydrogens is 523 g/mol. The van der Waals surface area contributed by atoms with E-state index < -0.39 is 0 Å². The van der Waals surface area contributed by atoms with Crippen molar-refractivity contribution in [2.24, 2.45) is 0 Å². The van der Waals surface area contributed by atoms with Gasteiger partial charge in [-0.15, -0.1) is 0 Å². The average Bonchev–Trinajstić information content (AvgIpc) is 2.41. The normalized spacial score (nSPS) is 10.7. The predicted octanol–water partition coefficient (Wildman–Crippen LogP) is 6.59. The fraction of sp³-hybridized carbons (Fsp3) is 0.143. The van der Waals surface area contributed by atoms with E-state index in [1.165, 1.54) is 6.07 Å². The number of hydrogen-bond acceptors (Lipinski definition) is 1. The summed E-state index contributed by atoms with van der Waals surface area (Å²) >= 11 is 13.7. The van der Waals surface area contributed by atoms with Crippen LogP contribution in [0.25, 0.3) is 0 Å². The zero-order valence-electron chi connectivity index (χ0n) is 10.1. The van der Waals surface area contributed by atoms with Crippen molar-refractivity contribution in [2.75, 3.05) is 0 Å². The zero-order chi connectivity index (χ0) is 14.7. The van der Waals surface area contributed by atoms with Gasteiger partial charge >= 0.3 is 0 Å². The molecule has 0 atom stereocenters. The summed E-state index contributed by atoms with van der Waals surface area (Å²) in [6.07, 6.45) is 0. The van der Waals surface area contributed by atoms with Crippen LogP contribution in [0.5, 0.6) is 5.75 Å². The maximum absolute atomic E-state index is 13.7. The molecule has 20 heavy (non-hydrogen) atoms. The first-order valence-electron chi connectivity index (χ1n) is 5.62. The Bertz CT molecular complexity index is 608. The van der Waals surface area contributed by atoms with E-state index in [-0.39, 0.29) is 12.4 Å². The molecule has 0 fully saturated rings. The summed E-state index contributed by atoms with van der Waals surface area (Å²) in [5.74, 6) is 0.381. The molecule has 2 rings (SSSR count). The van der Waals surface area contributed by atoms with Crippen molar-refractivity contribution < 1.29 is 9.13 Å². The molecule has 0 saturated heterocycles. The first-order chi connectivity index (χ1) is 9.51. The second kappa shape index (κ2) is 7.38. The van der Waals surface area contributed by atoms with Gasteiger partial charge in [-0.25, -0.2) is 4.39 Å². The van der Waals surface area contributed by atoms with Gasteiger partial charge in [-0.05, 0) is 67.8 Å². The summed E-state index contributed by atoms with van der Waals surface area (Å²) < 4.78 is 21.9. The van der Waals surface area contributed by atoms with Crippen LogP contribution in [-0.4, -0.2) is 0 Å². The average molecular weight is 532 g/mol. The molecule has 0 amide bonds. The Balaban J connectivity index is 2.21. The van der Waals surface area contributed by atoms with Crippen LogP contribution >= 0.6 is 63.7 Å². The van der Waals surface area contributed by atoms with E-state index in [4.69, 9.17) is 4.74 Å². The second-order valence-corrected chi connectivity index (χ2v) is 7.23. The van der Waals surface area contributed by atoms with Gasteiger partial charge in [0, 0.05) is 15.4 Å². The Morgan fingerprint density at radius 1 is 1.00 bits per heavy atom. The molecule has 0 bridgehead atoms. The highest BCUT2D eigenvalue weighted by atomic mass is 79.9. The van der Waals surface area contributed by atoms with E-state index in [1.807, 2.05) is 12.1 Å². The highest BCUT2D eigenvalue weighted by Gasteiger charge is 2.11. The topological polar surface area (TPSA) is 9.23 Å². The van der Waals surface area contributed by atoms with E-state index in [0.717, 1.165) is 24.3 Å². The van der Waals surface area contributed by atoms with Gasteiger partial charge in [0.1, 0.15) is 18.2 Å². The lowest BCUT2D eigenvalue weighted by Crippen LogP contribution is -2.00. The van der Waals surface area contributed by atoms with Crippen molar-refractivity contribution in [3.05, 3.63) is 60.7 Å². The molecule has 0 aliphatic rings. The molecule has 0 radical (unpaired) electrons. The third-order valence-corrected chi connectivity index (χ3v) is 4.91. The lowest BCUT2D eigenvalue weighted by Gasteiger charge is -2.12. The number of ether oxygens (including phenoxy) is 1. The number of rotatable bonds is 4. The van der Waals surface area contributed by atoms with E-state index in [2.05, 4.69) is 63.7 Å². The number of halogens is 5. The molecule has 2 aromatic rings. The Morgan fingerprint density at radius 2 is 1.65 bits per heavy atom. The van der Waals surface area contributed by atoms with Gasteiger partial charge in [0.2, 0.25) is 0 Å². The van der Waals surface area contributed by atoms with Crippen LogP contribution in [0.2, 0.25) is 0 Å². The molecule has 0 aliphatic carbocycles. The summed E-state index contributed by atoms with van der Waals surface area (Å²) in [6.45, 7) is 0.163. The number of alkyl halides is 1. The highest BCUT2D eigenvalue weighted by molar-refractivity contribution is 9.11. The van der Waals surface area contributed by atoms with E-state index >= 15 is 0 Å². The Kier molecular flexibility index (Phi) is 6.08. The van der Waals surface area contributed by atoms with Gasteiger partial charge in [-0.1, -0.05) is 31.9 Å². The van der Waals surface area contributed by atoms with E-state index in [0.29, 0.717) is 11.3 Å². The van der Waals surface area contributed by atoms with Gasteiger partial charge in [-0.2, -0.15) is 0 Å². The van der Waals surface area contributed by atoms with Gasteiger partial charge in [0.15, 0.2) is 0 Å². The van der Waals surface area contributed by atoms with Crippen molar-refractivity contribution in [3.63, 3.8) is 0 Å². The van der Waals surface area contributed by atoms with E-state index in [9.17, 15) is 4.39 Å². The lowest BCUT2D eigenvalue weighted by atomic mass is 10.2. The maximum atomic E-state index is 13.7. The second-order valence-electron chi connectivity index (χ2n) is 4.05. The molecule has 0 aliphatic heterocycles. The lowest BCUT2D eigenvalue weighted by molar-refractivity contribution is 0.296. The van der Waals surface area contributed by atoms with Crippen LogP contribution < -0.4 is 4.74 Å². The van der Waals surface area contributed by atoms with Gasteiger partial charge in [-0.3, -0.25) is 0 Å². The van der Waals surface area contributed by atoms with Crippen molar-refractivity contribution in [1.29, 1.82) is 0 Å². The third-order valence-electron chi connectivity index (χ3n) is 2.59. The molecule has 2 aromatic carbocycles. The molecule has 0 spiro atoms. The van der Waals surface area contributed by atoms with Crippen molar-refractivity contribution in [1.82, 2.24) is 0 Å². The van der Waals surface area contributed by atoms with Crippen LogP contribution in [-0.2, 0) is 11.9 Å². The van der Waals surface area contributed by atoms with Gasteiger partial charge in [0.25, 0.3) is 0 Å². The fourth-order valence-corrected chi connectivity index (χ4v) is 3.87. The summed E-state index contributed by atoms with van der Waals surface area (Å²) in [5.41, 5.74) is 1.62. The fourth-order valence-electron chi connectivity index (χ4n) is 1.63. The molecular formula is C14H9Br4FO. The van der Waals surface area contributed by atoms with Crippen LogP contribution in [0, 0.1) is 5.82 Å². The quantitative estimate of drug-likeness (QED) is 0.405. The third kappa shape index (κ3) is 4.06. The Hall–Kier alpha value is 0.0900. The SMILES string of the molecule is Fc1ccc(Br)cc1COc1c(Br)cc(CBr)cc1Br. The minimum Gasteiger partial charge on any atom is -0.486 e. The minimum atomic E-state index is -0.280. The smallest absolute Gasteiger partial charge is 0.148 e. The predicted molar refractivity (Wildman–Crippen MR) is 92.9 cm³/mol. The van der Waals surface area contributed by atoms with Crippen molar-refractivity contribution in [2.45, 2.75) is 11.9 Å². The molecule has 0 unspecified atom stereocenters. The number of benzene rings is 2. The molecule has 1 nitrogen and oxygen atoms in total. The summed E-state index contributed by atoms with van der Waals surface area (Å²) in [7, 11) is 0. The molecule has 0 heterocycles. The van der Waals surface area contributed by atoms with Crippen molar-refractivity contribution in [3.8, 4) is 5.75 Å². The summed E-state index contributed by atoms with van der Waals surface area (Å²) in [6, 6.07) is 8.72. The first-order valence-corrected chi connectivity index (χ1v) is 9.12. The van der Waals surface area contributed by atoms with Crippen LogP contribution in [0.1, 0.15) is 11.1 Å². The summed E-state index contributed by atoms with van der Waals surface area (Å²) in [4.78, 5) is 0. The monoisotopic (exact) mass is 528 g/mol. The molecule has 6 heteroatoms. The van der Waals surface area contributed by atoms with E-state index in [1.54, 1.807) is 12.1 Å². The number of hydrogen-bond donors (Lipinski definition) is 0. The van der Waals surface area contributed by atoms with Crippen molar-refractivity contribution >= 4 is 63.7 Å². The molecule has 0 aromatic heterocycles. The molecule has 0 N–H and O–H groups in total. The van der Waals surface area contributed by atoms with Gasteiger partial charge < -0.3 is 4.74 Å². The van der Waals surface area contributed by atoms with Gasteiger partial charge in [0.05, 0.1) is 8.95 Å². The summed E-state index contributed by atoms with van der Waals surface area (Å²) in [5, 5.41) is 0.755. The van der Waals surface area contributed by atoms with Crippen LogP contribution in [0.15, 0.2) is 43.7 Å². The molecule has 0 saturated carbocycles. The minimum absolute atomic E-state index is 0.163. The first kappa shape index (κ1) is 16.5. The largest absolute Gasteiger partial charge is 0.486 e. The standard InChI is InChI=1S/C14H9Br4FO/c15-6-8-3-11(17)14(12(18)4-8)20-7-9-5-10(16)1-2-13(9)19/h1-5H,6-7H2. The molecule has 106 valence electrons. The highest BCUT2D eigenvalue weighted by Crippen LogP contribution is 2.36. The maximum Gasteiger partial charge on any atom is 0.148 e. The zero-order valence-corrected chi connectivity index (χ0v) is 16.4. The van der Waals surface area contributed by atoms with Crippen LogP contribution in [0.3, 0.4) is 0 Å². The Labute approximate surface area is 150 Å². The van der Waals surface area contributed by atoms with Crippen LogP contribution in [0.4, 0.5) is 4.39 Å². The Morgan fingerprint density at radius 3 is 2.25 bits per heavy atom.